The van der Waals surface area contributed by atoms with Crippen LogP contribution in [-0.4, -0.2) is 17.3 Å². The summed E-state index contributed by atoms with van der Waals surface area (Å²) >= 11 is 0. The van der Waals surface area contributed by atoms with Crippen LogP contribution in [-0.2, 0) is 6.42 Å². The quantitative estimate of drug-likeness (QED) is 0.840. The minimum atomic E-state index is -0.454. The molecule has 0 amide bonds. The maximum atomic E-state index is 9.69. The van der Waals surface area contributed by atoms with E-state index in [0.29, 0.717) is 0 Å². The van der Waals surface area contributed by atoms with E-state index < -0.39 is 6.10 Å². The Bertz CT molecular complexity index is 595. The largest absolute Gasteiger partial charge is 0.483 e. The van der Waals surface area contributed by atoms with E-state index in [9.17, 15) is 5.11 Å². The first-order valence-corrected chi connectivity index (χ1v) is 6.43. The molecule has 0 spiro atoms. The predicted molar refractivity (Wildman–Crippen MR) is 70.1 cm³/mol. The molecule has 3 nitrogen and oxygen atoms in total. The van der Waals surface area contributed by atoms with Gasteiger partial charge in [0, 0.05) is 10.9 Å². The normalized spacial score (nSPS) is 20.6. The van der Waals surface area contributed by atoms with Gasteiger partial charge in [-0.3, -0.25) is 0 Å². The molecule has 0 radical (unpaired) electrons. The van der Waals surface area contributed by atoms with Crippen LogP contribution in [0.1, 0.15) is 30.0 Å². The lowest BCUT2D eigenvalue weighted by Crippen LogP contribution is -2.33. The van der Waals surface area contributed by atoms with Crippen LogP contribution in [0.5, 0.6) is 5.75 Å². The Balaban J connectivity index is 2.19. The molecule has 96 valence electrons. The van der Waals surface area contributed by atoms with Crippen LogP contribution in [0.15, 0.2) is 16.7 Å². The molecule has 1 aliphatic heterocycles. The summed E-state index contributed by atoms with van der Waals surface area (Å²) in [7, 11) is 0. The van der Waals surface area contributed by atoms with Gasteiger partial charge >= 0.3 is 0 Å². The second-order valence-corrected chi connectivity index (χ2v) is 5.23. The number of rotatable bonds is 1. The lowest BCUT2D eigenvalue weighted by Gasteiger charge is -2.29. The average molecular weight is 246 g/mol. The van der Waals surface area contributed by atoms with Crippen molar-refractivity contribution < 1.29 is 14.3 Å². The summed E-state index contributed by atoms with van der Waals surface area (Å²) in [6, 6.07) is 2.17. The van der Waals surface area contributed by atoms with Gasteiger partial charge in [-0.05, 0) is 50.8 Å². The van der Waals surface area contributed by atoms with Gasteiger partial charge in [0.1, 0.15) is 6.10 Å². The molecule has 0 aliphatic carbocycles. The average Bonchev–Trinajstić information content (AvgIpc) is 2.71. The topological polar surface area (TPSA) is 42.6 Å². The molecule has 3 rings (SSSR count). The molecule has 1 N–H and O–H groups in total. The number of aryl methyl sites for hydroxylation is 2. The van der Waals surface area contributed by atoms with E-state index in [1.165, 1.54) is 11.1 Å². The van der Waals surface area contributed by atoms with E-state index >= 15 is 0 Å². The SMILES string of the molecule is Cc1cc2c(C)coc2c2c1CC[C@H]([C@H](C)O)O2. The zero-order chi connectivity index (χ0) is 12.9. The molecule has 0 unspecified atom stereocenters. The molecule has 0 saturated carbocycles. The highest BCUT2D eigenvalue weighted by molar-refractivity contribution is 5.88. The molecule has 0 saturated heterocycles. The lowest BCUT2D eigenvalue weighted by atomic mass is 9.94. The Kier molecular flexibility index (Phi) is 2.59. The monoisotopic (exact) mass is 246 g/mol. The van der Waals surface area contributed by atoms with Crippen molar-refractivity contribution in [3.05, 3.63) is 29.0 Å². The van der Waals surface area contributed by atoms with E-state index in [-0.39, 0.29) is 6.10 Å². The zero-order valence-electron chi connectivity index (χ0n) is 11.0. The smallest absolute Gasteiger partial charge is 0.176 e. The van der Waals surface area contributed by atoms with Crippen molar-refractivity contribution in [2.24, 2.45) is 0 Å². The molecule has 0 bridgehead atoms. The van der Waals surface area contributed by atoms with Crippen molar-refractivity contribution in [1.29, 1.82) is 0 Å². The second kappa shape index (κ2) is 4.02. The van der Waals surface area contributed by atoms with E-state index in [2.05, 4.69) is 13.0 Å². The van der Waals surface area contributed by atoms with Crippen molar-refractivity contribution in [2.45, 2.75) is 45.8 Å². The lowest BCUT2D eigenvalue weighted by molar-refractivity contribution is 0.0360. The van der Waals surface area contributed by atoms with Gasteiger partial charge in [0.2, 0.25) is 0 Å². The Morgan fingerprint density at radius 1 is 1.33 bits per heavy atom. The minimum Gasteiger partial charge on any atom is -0.483 e. The van der Waals surface area contributed by atoms with Crippen LogP contribution < -0.4 is 4.74 Å². The van der Waals surface area contributed by atoms with Gasteiger partial charge in [0.25, 0.3) is 0 Å². The first-order valence-electron chi connectivity index (χ1n) is 6.43. The molecule has 1 aliphatic rings. The van der Waals surface area contributed by atoms with Gasteiger partial charge in [-0.15, -0.1) is 0 Å². The maximum absolute atomic E-state index is 9.69. The number of aliphatic hydroxyl groups is 1. The molecule has 2 atom stereocenters. The van der Waals surface area contributed by atoms with Gasteiger partial charge in [0.05, 0.1) is 12.4 Å². The van der Waals surface area contributed by atoms with Gasteiger partial charge in [-0.2, -0.15) is 0 Å². The molecular weight excluding hydrogens is 228 g/mol. The van der Waals surface area contributed by atoms with Gasteiger partial charge in [-0.1, -0.05) is 0 Å². The number of aliphatic hydroxyl groups excluding tert-OH is 1. The van der Waals surface area contributed by atoms with Crippen molar-refractivity contribution in [3.8, 4) is 5.75 Å². The molecule has 2 aromatic rings. The van der Waals surface area contributed by atoms with E-state index in [1.807, 2.05) is 6.92 Å². The fourth-order valence-electron chi connectivity index (χ4n) is 2.70. The van der Waals surface area contributed by atoms with E-state index in [0.717, 1.165) is 35.1 Å². The summed E-state index contributed by atoms with van der Waals surface area (Å²) < 4.78 is 11.6. The third kappa shape index (κ3) is 1.62. The van der Waals surface area contributed by atoms with Crippen LogP contribution in [0, 0.1) is 13.8 Å². The van der Waals surface area contributed by atoms with Crippen LogP contribution in [0.3, 0.4) is 0 Å². The highest BCUT2D eigenvalue weighted by Crippen LogP contribution is 2.39. The second-order valence-electron chi connectivity index (χ2n) is 5.23. The van der Waals surface area contributed by atoms with Crippen molar-refractivity contribution >= 4 is 11.0 Å². The predicted octanol–water partition coefficient (Wildman–Crippen LogP) is 3.12. The number of benzene rings is 1. The van der Waals surface area contributed by atoms with Crippen LogP contribution in [0.4, 0.5) is 0 Å². The third-order valence-corrected chi connectivity index (χ3v) is 3.83. The number of furan rings is 1. The van der Waals surface area contributed by atoms with Gasteiger partial charge in [-0.25, -0.2) is 0 Å². The first-order chi connectivity index (χ1) is 8.58. The van der Waals surface area contributed by atoms with Crippen LogP contribution >= 0.6 is 0 Å². The Labute approximate surface area is 106 Å². The van der Waals surface area contributed by atoms with Gasteiger partial charge < -0.3 is 14.3 Å². The van der Waals surface area contributed by atoms with Crippen LogP contribution in [0.2, 0.25) is 0 Å². The number of hydrogen-bond acceptors (Lipinski definition) is 3. The maximum Gasteiger partial charge on any atom is 0.176 e. The summed E-state index contributed by atoms with van der Waals surface area (Å²) in [5.74, 6) is 0.829. The summed E-state index contributed by atoms with van der Waals surface area (Å²) in [6.07, 6.45) is 2.97. The Hall–Kier alpha value is -1.48. The molecule has 0 fully saturated rings. The molecule has 3 heteroatoms. The van der Waals surface area contributed by atoms with Crippen molar-refractivity contribution in [2.75, 3.05) is 0 Å². The molecule has 2 heterocycles. The van der Waals surface area contributed by atoms with Gasteiger partial charge in [0.15, 0.2) is 11.3 Å². The van der Waals surface area contributed by atoms with E-state index in [4.69, 9.17) is 9.15 Å². The summed E-state index contributed by atoms with van der Waals surface area (Å²) in [6.45, 7) is 5.92. The summed E-state index contributed by atoms with van der Waals surface area (Å²) in [5.41, 5.74) is 4.40. The minimum absolute atomic E-state index is 0.132. The highest BCUT2D eigenvalue weighted by atomic mass is 16.5. The number of fused-ring (bicyclic) bond motifs is 3. The molecular formula is C15H18O3. The first kappa shape index (κ1) is 11.6. The van der Waals surface area contributed by atoms with Crippen LogP contribution in [0.25, 0.3) is 11.0 Å². The summed E-state index contributed by atoms with van der Waals surface area (Å²) in [4.78, 5) is 0. The molecule has 1 aromatic heterocycles. The van der Waals surface area contributed by atoms with Crippen molar-refractivity contribution in [3.63, 3.8) is 0 Å². The number of ether oxygens (including phenoxy) is 1. The zero-order valence-corrected chi connectivity index (χ0v) is 11.0. The Morgan fingerprint density at radius 2 is 2.11 bits per heavy atom. The third-order valence-electron chi connectivity index (χ3n) is 3.83. The summed E-state index contributed by atoms with van der Waals surface area (Å²) in [5, 5.41) is 10.8. The highest BCUT2D eigenvalue weighted by Gasteiger charge is 2.27. The fraction of sp³-hybridized carbons (Fsp3) is 0.467. The molecule has 1 aromatic carbocycles. The Morgan fingerprint density at radius 3 is 2.83 bits per heavy atom. The van der Waals surface area contributed by atoms with Crippen molar-refractivity contribution in [1.82, 2.24) is 0 Å². The number of hydrogen-bond donors (Lipinski definition) is 1. The van der Waals surface area contributed by atoms with E-state index in [1.54, 1.807) is 13.2 Å². The standard InChI is InChI=1S/C15H18O3/c1-8-6-12-9(2)7-17-14(12)15-11(8)4-5-13(18-15)10(3)16/h6-7,10,13,16H,4-5H2,1-3H3/t10-,13+/m0/s1. The molecule has 18 heavy (non-hydrogen) atoms. The fourth-order valence-corrected chi connectivity index (χ4v) is 2.70.